The van der Waals surface area contributed by atoms with Crippen molar-refractivity contribution in [2.45, 2.75) is 153 Å². The van der Waals surface area contributed by atoms with Gasteiger partial charge in [-0.25, -0.2) is 0 Å². The van der Waals surface area contributed by atoms with Crippen LogP contribution in [-0.4, -0.2) is 29.4 Å². The normalized spacial score (nSPS) is 12.1. The van der Waals surface area contributed by atoms with E-state index in [2.05, 4.69) is 32.6 Å². The molecule has 1 saturated carbocycles. The fourth-order valence-electron chi connectivity index (χ4n) is 3.81. The number of carbonyl (C=O) groups is 4. The largest absolute Gasteiger partial charge is 0.398 e. The molecule has 2 rings (SSSR count). The number of carbonyl (C=O) groups excluding carboxylic acids is 4. The number of allylic oxidation sites excluding steroid dienone is 1. The van der Waals surface area contributed by atoms with E-state index in [-0.39, 0.29) is 29.2 Å². The zero-order valence-corrected chi connectivity index (χ0v) is 31.5. The maximum absolute atomic E-state index is 12.2. The number of nitrogen functional groups attached to an aromatic ring is 1. The molecular formula is C38H69NO4S. The minimum Gasteiger partial charge on any atom is -0.398 e. The van der Waals surface area contributed by atoms with Gasteiger partial charge >= 0.3 is 0 Å². The maximum atomic E-state index is 12.2. The molecule has 0 amide bonds. The predicted octanol–water partition coefficient (Wildman–Crippen LogP) is 11.2. The highest BCUT2D eigenvalue weighted by molar-refractivity contribution is 7.79. The van der Waals surface area contributed by atoms with Crippen LogP contribution in [0, 0.1) is 11.8 Å². The van der Waals surface area contributed by atoms with Crippen LogP contribution in [0.4, 0.5) is 5.69 Å². The molecule has 0 aromatic heterocycles. The zero-order chi connectivity index (χ0) is 35.1. The van der Waals surface area contributed by atoms with E-state index in [1.165, 1.54) is 12.0 Å². The summed E-state index contributed by atoms with van der Waals surface area (Å²) in [5.74, 6) is 1.32. The summed E-state index contributed by atoms with van der Waals surface area (Å²) in [5.41, 5.74) is 9.88. The van der Waals surface area contributed by atoms with Crippen LogP contribution in [-0.2, 0) is 14.4 Å². The summed E-state index contributed by atoms with van der Waals surface area (Å²) in [5, 5.41) is 0. The molecular weight excluding hydrogens is 566 g/mol. The molecule has 256 valence electrons. The smallest absolute Gasteiger partial charge is 0.163 e. The first-order valence-corrected chi connectivity index (χ1v) is 18.0. The Morgan fingerprint density at radius 3 is 1.70 bits per heavy atom. The van der Waals surface area contributed by atoms with E-state index >= 15 is 0 Å². The molecule has 1 aliphatic rings. The van der Waals surface area contributed by atoms with Crippen molar-refractivity contribution < 1.29 is 19.2 Å². The Bertz CT molecular complexity index is 917. The van der Waals surface area contributed by atoms with Gasteiger partial charge in [0.05, 0.1) is 0 Å². The van der Waals surface area contributed by atoms with E-state index in [0.29, 0.717) is 31.5 Å². The summed E-state index contributed by atoms with van der Waals surface area (Å²) < 4.78 is 0. The van der Waals surface area contributed by atoms with Crippen molar-refractivity contribution in [3.8, 4) is 0 Å². The van der Waals surface area contributed by atoms with Crippen LogP contribution in [0.2, 0.25) is 0 Å². The molecule has 2 unspecified atom stereocenters. The lowest BCUT2D eigenvalue weighted by atomic mass is 9.88. The second kappa shape index (κ2) is 33.7. The molecule has 2 N–H and O–H groups in total. The van der Waals surface area contributed by atoms with Gasteiger partial charge in [-0.2, -0.15) is 12.6 Å². The van der Waals surface area contributed by atoms with E-state index in [1.54, 1.807) is 20.1 Å². The van der Waals surface area contributed by atoms with Crippen LogP contribution in [0.1, 0.15) is 169 Å². The minimum atomic E-state index is 0.0470. The number of nitrogens with two attached hydrogens (primary N) is 1. The van der Waals surface area contributed by atoms with Crippen molar-refractivity contribution in [2.75, 3.05) is 12.0 Å². The molecule has 2 atom stereocenters. The lowest BCUT2D eigenvalue weighted by Gasteiger charge is -2.17. The average molecular weight is 636 g/mol. The van der Waals surface area contributed by atoms with Gasteiger partial charge in [0, 0.05) is 47.9 Å². The van der Waals surface area contributed by atoms with Crippen molar-refractivity contribution in [3.63, 3.8) is 0 Å². The first kappa shape index (κ1) is 48.7. The Labute approximate surface area is 278 Å². The van der Waals surface area contributed by atoms with Gasteiger partial charge in [0.25, 0.3) is 0 Å². The molecule has 1 aliphatic carbocycles. The predicted molar refractivity (Wildman–Crippen MR) is 198 cm³/mol. The topological polar surface area (TPSA) is 94.3 Å². The lowest BCUT2D eigenvalue weighted by molar-refractivity contribution is -0.122. The minimum absolute atomic E-state index is 0.0470. The van der Waals surface area contributed by atoms with E-state index in [1.807, 2.05) is 66.7 Å². The van der Waals surface area contributed by atoms with E-state index < -0.39 is 0 Å². The third-order valence-corrected chi connectivity index (χ3v) is 7.04. The Balaban J connectivity index is -0.000000268. The number of anilines is 1. The molecule has 0 bridgehead atoms. The van der Waals surface area contributed by atoms with Crippen LogP contribution in [0.5, 0.6) is 0 Å². The second-order valence-electron chi connectivity index (χ2n) is 10.6. The number of ketones is 4. The highest BCUT2D eigenvalue weighted by Gasteiger charge is 2.15. The summed E-state index contributed by atoms with van der Waals surface area (Å²) in [6.07, 6.45) is 15.0. The maximum Gasteiger partial charge on any atom is 0.163 e. The van der Waals surface area contributed by atoms with Crippen LogP contribution in [0.3, 0.4) is 0 Å². The van der Waals surface area contributed by atoms with Crippen molar-refractivity contribution >= 4 is 47.5 Å². The third-order valence-electron chi connectivity index (χ3n) is 7.04. The Hall–Kier alpha value is -2.21. The summed E-state index contributed by atoms with van der Waals surface area (Å²) in [6, 6.07) is 5.65. The van der Waals surface area contributed by atoms with Crippen molar-refractivity contribution in [1.29, 1.82) is 0 Å². The first-order valence-electron chi connectivity index (χ1n) is 17.1. The van der Waals surface area contributed by atoms with Gasteiger partial charge in [-0.1, -0.05) is 98.9 Å². The van der Waals surface area contributed by atoms with Crippen LogP contribution in [0.25, 0.3) is 6.08 Å². The van der Waals surface area contributed by atoms with Gasteiger partial charge in [0.2, 0.25) is 0 Å². The quantitative estimate of drug-likeness (QED) is 0.120. The Morgan fingerprint density at radius 1 is 0.795 bits per heavy atom. The lowest BCUT2D eigenvalue weighted by Crippen LogP contribution is -2.08. The molecule has 44 heavy (non-hydrogen) atoms. The van der Waals surface area contributed by atoms with E-state index in [0.717, 1.165) is 61.8 Å². The fourth-order valence-corrected chi connectivity index (χ4v) is 3.81. The van der Waals surface area contributed by atoms with Gasteiger partial charge < -0.3 is 5.73 Å². The van der Waals surface area contributed by atoms with Gasteiger partial charge in [-0.3, -0.25) is 19.2 Å². The summed E-state index contributed by atoms with van der Waals surface area (Å²) in [4.78, 5) is 44.6. The summed E-state index contributed by atoms with van der Waals surface area (Å²) in [6.45, 7) is 21.3. The number of Topliss-reactive ketones (excluding diaryl/α,β-unsaturated/α-hetero) is 4. The number of unbranched alkanes of at least 4 members (excludes halogenated alkanes) is 1. The molecule has 0 aliphatic heterocycles. The van der Waals surface area contributed by atoms with Gasteiger partial charge in [0.1, 0.15) is 17.3 Å². The van der Waals surface area contributed by atoms with E-state index in [9.17, 15) is 19.2 Å². The summed E-state index contributed by atoms with van der Waals surface area (Å²) >= 11 is 3.53. The number of hydrogen-bond acceptors (Lipinski definition) is 6. The molecule has 0 saturated heterocycles. The highest BCUT2D eigenvalue weighted by atomic mass is 32.1. The zero-order valence-electron chi connectivity index (χ0n) is 30.6. The number of benzene rings is 1. The van der Waals surface area contributed by atoms with Gasteiger partial charge in [-0.05, 0) is 71.1 Å². The van der Waals surface area contributed by atoms with Crippen molar-refractivity contribution in [2.24, 2.45) is 11.8 Å². The molecule has 0 spiro atoms. The Morgan fingerprint density at radius 2 is 1.32 bits per heavy atom. The van der Waals surface area contributed by atoms with Crippen LogP contribution < -0.4 is 5.73 Å². The number of thiol groups is 1. The summed E-state index contributed by atoms with van der Waals surface area (Å²) in [7, 11) is 0. The van der Waals surface area contributed by atoms with Gasteiger partial charge in [-0.15, -0.1) is 0 Å². The highest BCUT2D eigenvalue weighted by Crippen LogP contribution is 2.31. The average Bonchev–Trinajstić information content (AvgIpc) is 3.00. The Kier molecular flexibility index (Phi) is 37.3. The third kappa shape index (κ3) is 25.2. The van der Waals surface area contributed by atoms with Crippen molar-refractivity contribution in [1.82, 2.24) is 0 Å². The number of rotatable bonds is 14. The fraction of sp³-hybridized carbons (Fsp3) is 0.684. The molecule has 0 radical (unpaired) electrons. The van der Waals surface area contributed by atoms with Crippen LogP contribution >= 0.6 is 12.6 Å². The van der Waals surface area contributed by atoms with Gasteiger partial charge in [0.15, 0.2) is 5.78 Å². The van der Waals surface area contributed by atoms with Crippen molar-refractivity contribution in [3.05, 3.63) is 34.9 Å². The molecule has 5 nitrogen and oxygen atoms in total. The number of hydrogen-bond donors (Lipinski definition) is 2. The van der Waals surface area contributed by atoms with Crippen LogP contribution in [0.15, 0.2) is 23.8 Å². The molecule has 0 heterocycles. The standard InChI is InChI=1S/C16H21NO.C10H18O2.C7H14O.2C2H6.CH4S/c1-2-3-10-16(18)13-8-5-9-15(17)14(13)11-12-6-4-7-12;1-4-5-10(12)7-6-8(2)9(3)11;1-4-5-6(2)7(3)8;3*1-2/h5,8-9,11H,2-4,6-7,10,17H2,1H3;8H,4-7H2,1-3H3;6H,4-5H2,1-3H3;2*1-2H3;2H,1H3. The molecule has 1 aromatic carbocycles. The molecule has 1 fully saturated rings. The second-order valence-corrected chi connectivity index (χ2v) is 10.6. The SMILES string of the molecule is CC.CC.CCCC(=O)CCC(C)C(C)=O.CCCC(C)C(C)=O.CCCCC(=O)c1cccc(N)c1C=C1CCC1.CS. The molecule has 1 aromatic rings. The monoisotopic (exact) mass is 635 g/mol. The molecule has 6 heteroatoms. The first-order chi connectivity index (χ1) is 21.0. The van der Waals surface area contributed by atoms with E-state index in [4.69, 9.17) is 5.73 Å².